The lowest BCUT2D eigenvalue weighted by Crippen LogP contribution is -2.21. The number of carbonyl (C=O) groups excluding carboxylic acids is 2. The molecule has 0 heterocycles. The quantitative estimate of drug-likeness (QED) is 0.286. The van der Waals surface area contributed by atoms with E-state index in [-0.39, 0.29) is 20.6 Å². The molecule has 154 valence electrons. The number of hydrogen-bond acceptors (Lipinski definition) is 4. The molecule has 0 radical (unpaired) electrons. The van der Waals surface area contributed by atoms with Gasteiger partial charge in [0.2, 0.25) is 0 Å². The summed E-state index contributed by atoms with van der Waals surface area (Å²) in [5.41, 5.74) is 0.495. The minimum atomic E-state index is -0.841. The Balaban J connectivity index is 1.65. The van der Waals surface area contributed by atoms with Crippen molar-refractivity contribution in [3.05, 3.63) is 86.3 Å². The average molecular weight is 501 g/mol. The first kappa shape index (κ1) is 22.8. The summed E-state index contributed by atoms with van der Waals surface area (Å²) in [5, 5.41) is 3.59. The van der Waals surface area contributed by atoms with E-state index < -0.39 is 18.5 Å². The fourth-order valence-corrected chi connectivity index (χ4v) is 4.10. The first-order valence-electron chi connectivity index (χ1n) is 8.48. The Morgan fingerprint density at radius 1 is 0.867 bits per heavy atom. The number of hydrogen-bond donors (Lipinski definition) is 1. The number of amides is 1. The molecule has 3 aromatic carbocycles. The molecule has 30 heavy (non-hydrogen) atoms. The standard InChI is InChI=1S/C21H13Cl4NO3S/c22-12-5-7-13(8-6-12)30-17-4-2-1-3-16(17)26-18(27)11-29-21(28)19-14(23)9-10-15(24)20(19)25/h1-10H,11H2,(H,26,27). The molecule has 0 saturated carbocycles. The number of esters is 1. The maximum Gasteiger partial charge on any atom is 0.341 e. The zero-order chi connectivity index (χ0) is 21.7. The summed E-state index contributed by atoms with van der Waals surface area (Å²) in [5.74, 6) is -1.35. The van der Waals surface area contributed by atoms with Crippen molar-refractivity contribution in [1.29, 1.82) is 0 Å². The van der Waals surface area contributed by atoms with Crippen molar-refractivity contribution in [2.75, 3.05) is 11.9 Å². The van der Waals surface area contributed by atoms with Gasteiger partial charge in [0.25, 0.3) is 5.91 Å². The molecule has 3 aromatic rings. The molecule has 1 N–H and O–H groups in total. The van der Waals surface area contributed by atoms with Gasteiger partial charge in [0.05, 0.1) is 26.3 Å². The van der Waals surface area contributed by atoms with Crippen LogP contribution in [0.15, 0.2) is 70.5 Å². The molecule has 0 fully saturated rings. The van der Waals surface area contributed by atoms with E-state index in [1.807, 2.05) is 24.3 Å². The van der Waals surface area contributed by atoms with Crippen molar-refractivity contribution in [3.63, 3.8) is 0 Å². The van der Waals surface area contributed by atoms with Gasteiger partial charge in [-0.3, -0.25) is 4.79 Å². The van der Waals surface area contributed by atoms with Gasteiger partial charge < -0.3 is 10.1 Å². The van der Waals surface area contributed by atoms with Gasteiger partial charge in [0.15, 0.2) is 6.61 Å². The minimum Gasteiger partial charge on any atom is -0.452 e. The van der Waals surface area contributed by atoms with E-state index in [4.69, 9.17) is 51.1 Å². The summed E-state index contributed by atoms with van der Waals surface area (Å²) in [7, 11) is 0. The Bertz CT molecular complexity index is 1090. The fraction of sp³-hybridized carbons (Fsp3) is 0.0476. The van der Waals surface area contributed by atoms with Crippen molar-refractivity contribution < 1.29 is 14.3 Å². The molecule has 9 heteroatoms. The lowest BCUT2D eigenvalue weighted by atomic mass is 10.2. The van der Waals surface area contributed by atoms with Gasteiger partial charge in [-0.15, -0.1) is 0 Å². The molecule has 0 aliphatic rings. The van der Waals surface area contributed by atoms with Crippen LogP contribution >= 0.6 is 58.2 Å². The number of anilines is 1. The van der Waals surface area contributed by atoms with Crippen molar-refractivity contribution in [1.82, 2.24) is 0 Å². The summed E-state index contributed by atoms with van der Waals surface area (Å²) < 4.78 is 5.05. The van der Waals surface area contributed by atoms with Gasteiger partial charge in [0.1, 0.15) is 0 Å². The predicted molar refractivity (Wildman–Crippen MR) is 122 cm³/mol. The fourth-order valence-electron chi connectivity index (χ4n) is 2.39. The maximum absolute atomic E-state index is 12.3. The van der Waals surface area contributed by atoms with E-state index >= 15 is 0 Å². The Morgan fingerprint density at radius 2 is 1.53 bits per heavy atom. The number of para-hydroxylation sites is 1. The lowest BCUT2D eigenvalue weighted by molar-refractivity contribution is -0.119. The van der Waals surface area contributed by atoms with Gasteiger partial charge in [-0.05, 0) is 48.5 Å². The molecule has 0 saturated heterocycles. The third-order valence-corrected chi connectivity index (χ3v) is 6.24. The van der Waals surface area contributed by atoms with Gasteiger partial charge >= 0.3 is 5.97 Å². The average Bonchev–Trinajstić information content (AvgIpc) is 2.72. The summed E-state index contributed by atoms with van der Waals surface area (Å²) in [6.45, 7) is -0.516. The summed E-state index contributed by atoms with van der Waals surface area (Å²) in [4.78, 5) is 26.4. The first-order chi connectivity index (χ1) is 14.3. The van der Waals surface area contributed by atoms with E-state index in [0.29, 0.717) is 10.7 Å². The number of carbonyl (C=O) groups is 2. The van der Waals surface area contributed by atoms with Gasteiger partial charge in [-0.1, -0.05) is 70.3 Å². The largest absolute Gasteiger partial charge is 0.452 e. The van der Waals surface area contributed by atoms with Crippen LogP contribution in [0.1, 0.15) is 10.4 Å². The third kappa shape index (κ3) is 5.84. The molecular formula is C21H13Cl4NO3S. The van der Waals surface area contributed by atoms with E-state index in [9.17, 15) is 9.59 Å². The number of ether oxygens (including phenoxy) is 1. The van der Waals surface area contributed by atoms with Crippen LogP contribution < -0.4 is 5.32 Å². The second-order valence-electron chi connectivity index (χ2n) is 5.89. The smallest absolute Gasteiger partial charge is 0.341 e. The van der Waals surface area contributed by atoms with Crippen molar-refractivity contribution >= 4 is 75.7 Å². The zero-order valence-corrected chi connectivity index (χ0v) is 19.0. The Morgan fingerprint density at radius 3 is 2.27 bits per heavy atom. The molecule has 0 bridgehead atoms. The van der Waals surface area contributed by atoms with E-state index in [1.54, 1.807) is 24.3 Å². The summed E-state index contributed by atoms with van der Waals surface area (Å²) in [6.07, 6.45) is 0. The van der Waals surface area contributed by atoms with E-state index in [1.165, 1.54) is 23.9 Å². The highest BCUT2D eigenvalue weighted by molar-refractivity contribution is 7.99. The molecular weight excluding hydrogens is 488 g/mol. The van der Waals surface area contributed by atoms with Crippen molar-refractivity contribution in [2.24, 2.45) is 0 Å². The molecule has 0 unspecified atom stereocenters. The summed E-state index contributed by atoms with van der Waals surface area (Å²) in [6, 6.07) is 17.5. The van der Waals surface area contributed by atoms with Crippen LogP contribution in [0.25, 0.3) is 0 Å². The molecule has 0 aliphatic carbocycles. The first-order valence-corrected chi connectivity index (χ1v) is 10.8. The molecule has 4 nitrogen and oxygen atoms in total. The van der Waals surface area contributed by atoms with Crippen LogP contribution in [-0.4, -0.2) is 18.5 Å². The monoisotopic (exact) mass is 499 g/mol. The number of halogens is 4. The summed E-state index contributed by atoms with van der Waals surface area (Å²) >= 11 is 25.3. The van der Waals surface area contributed by atoms with Crippen molar-refractivity contribution in [2.45, 2.75) is 9.79 Å². The number of benzene rings is 3. The van der Waals surface area contributed by atoms with E-state index in [2.05, 4.69) is 5.32 Å². The Kier molecular flexibility index (Phi) is 7.92. The highest BCUT2D eigenvalue weighted by Crippen LogP contribution is 2.34. The van der Waals surface area contributed by atoms with Crippen LogP contribution in [0.3, 0.4) is 0 Å². The molecule has 0 spiro atoms. The highest BCUT2D eigenvalue weighted by Gasteiger charge is 2.20. The molecule has 0 atom stereocenters. The van der Waals surface area contributed by atoms with Crippen LogP contribution in [0.4, 0.5) is 5.69 Å². The van der Waals surface area contributed by atoms with Gasteiger partial charge in [-0.25, -0.2) is 4.79 Å². The van der Waals surface area contributed by atoms with Crippen LogP contribution in [-0.2, 0) is 9.53 Å². The Labute approximate surface area is 197 Å². The normalized spacial score (nSPS) is 10.5. The molecule has 0 aromatic heterocycles. The van der Waals surface area contributed by atoms with Gasteiger partial charge in [-0.2, -0.15) is 0 Å². The lowest BCUT2D eigenvalue weighted by Gasteiger charge is -2.12. The van der Waals surface area contributed by atoms with Crippen LogP contribution in [0.5, 0.6) is 0 Å². The van der Waals surface area contributed by atoms with Crippen molar-refractivity contribution in [3.8, 4) is 0 Å². The second-order valence-corrected chi connectivity index (χ2v) is 8.64. The SMILES string of the molecule is O=C(COC(=O)c1c(Cl)ccc(Cl)c1Cl)Nc1ccccc1Sc1ccc(Cl)cc1. The van der Waals surface area contributed by atoms with Gasteiger partial charge in [0, 0.05) is 14.8 Å². The topological polar surface area (TPSA) is 55.4 Å². The third-order valence-electron chi connectivity index (χ3n) is 3.79. The van der Waals surface area contributed by atoms with Crippen LogP contribution in [0, 0.1) is 0 Å². The minimum absolute atomic E-state index is 0.0284. The molecule has 3 rings (SSSR count). The maximum atomic E-state index is 12.3. The number of nitrogens with one attached hydrogen (secondary N) is 1. The highest BCUT2D eigenvalue weighted by atomic mass is 35.5. The molecule has 0 aliphatic heterocycles. The molecule has 1 amide bonds. The van der Waals surface area contributed by atoms with Crippen LogP contribution in [0.2, 0.25) is 20.1 Å². The predicted octanol–water partition coefficient (Wildman–Crippen LogP) is 7.25. The number of rotatable bonds is 6. The zero-order valence-electron chi connectivity index (χ0n) is 15.1. The second kappa shape index (κ2) is 10.4. The van der Waals surface area contributed by atoms with E-state index in [0.717, 1.165) is 9.79 Å². The Hall–Kier alpha value is -1.89.